The molecule has 1 aromatic heterocycles. The number of nitrogens with zero attached hydrogens (tertiary/aromatic N) is 3. The summed E-state index contributed by atoms with van der Waals surface area (Å²) in [7, 11) is 2.08. The largest absolute Gasteiger partial charge is 0.507 e. The molecule has 0 saturated carbocycles. The van der Waals surface area contributed by atoms with Gasteiger partial charge in [0.1, 0.15) is 10.8 Å². The van der Waals surface area contributed by atoms with Gasteiger partial charge in [-0.05, 0) is 50.7 Å². The van der Waals surface area contributed by atoms with Crippen LogP contribution in [0.3, 0.4) is 0 Å². The number of hydrogen-bond acceptors (Lipinski definition) is 5. The highest BCUT2D eigenvalue weighted by Crippen LogP contribution is 2.41. The predicted octanol–water partition coefficient (Wildman–Crippen LogP) is 4.71. The number of hydrogen-bond donors (Lipinski definition) is 1. The molecule has 3 rings (SSSR count). The zero-order chi connectivity index (χ0) is 18.9. The lowest BCUT2D eigenvalue weighted by molar-refractivity contribution is -0.137. The fourth-order valence-electron chi connectivity index (χ4n) is 2.91. The molecule has 1 aromatic carbocycles. The first-order valence-electron chi connectivity index (χ1n) is 8.03. The van der Waals surface area contributed by atoms with E-state index in [1.807, 2.05) is 0 Å². The number of rotatable bonds is 3. The van der Waals surface area contributed by atoms with Crippen molar-refractivity contribution in [2.24, 2.45) is 0 Å². The van der Waals surface area contributed by atoms with Crippen molar-refractivity contribution in [1.82, 2.24) is 15.1 Å². The van der Waals surface area contributed by atoms with E-state index in [1.54, 1.807) is 23.9 Å². The van der Waals surface area contributed by atoms with Gasteiger partial charge in [0.05, 0.1) is 21.8 Å². The van der Waals surface area contributed by atoms with Gasteiger partial charge in [-0.2, -0.15) is 13.2 Å². The van der Waals surface area contributed by atoms with Crippen LogP contribution in [0.15, 0.2) is 29.3 Å². The molecule has 0 bridgehead atoms. The fourth-order valence-corrected chi connectivity index (χ4v) is 4.41. The molecular formula is C17H17ClF3N3OS. The van der Waals surface area contributed by atoms with Gasteiger partial charge in [0, 0.05) is 11.8 Å². The summed E-state index contributed by atoms with van der Waals surface area (Å²) in [4.78, 5) is 2.27. The first kappa shape index (κ1) is 19.3. The molecule has 1 N–H and O–H groups in total. The number of benzene rings is 1. The minimum absolute atomic E-state index is 0.0427. The van der Waals surface area contributed by atoms with Crippen LogP contribution in [0.2, 0.25) is 5.02 Å². The minimum atomic E-state index is -4.58. The summed E-state index contributed by atoms with van der Waals surface area (Å²) in [6, 6.07) is 4.77. The molecule has 0 radical (unpaired) electrons. The Morgan fingerprint density at radius 1 is 1.27 bits per heavy atom. The van der Waals surface area contributed by atoms with Gasteiger partial charge in [-0.25, -0.2) is 0 Å². The Morgan fingerprint density at radius 2 is 2.04 bits per heavy atom. The normalized spacial score (nSPS) is 18.9. The third kappa shape index (κ3) is 4.42. The lowest BCUT2D eigenvalue weighted by Crippen LogP contribution is -2.33. The van der Waals surface area contributed by atoms with Crippen LogP contribution in [0.1, 0.15) is 18.4 Å². The van der Waals surface area contributed by atoms with Crippen LogP contribution >= 0.6 is 23.4 Å². The second kappa shape index (κ2) is 7.62. The Hall–Kier alpha value is -1.51. The van der Waals surface area contributed by atoms with Gasteiger partial charge in [-0.3, -0.25) is 0 Å². The maximum absolute atomic E-state index is 12.8. The van der Waals surface area contributed by atoms with E-state index in [2.05, 4.69) is 22.1 Å². The third-order valence-electron chi connectivity index (χ3n) is 4.16. The number of phenols is 1. The number of aromatic nitrogens is 2. The molecule has 1 fully saturated rings. The van der Waals surface area contributed by atoms with E-state index in [-0.39, 0.29) is 16.3 Å². The molecule has 4 nitrogen and oxygen atoms in total. The zero-order valence-corrected chi connectivity index (χ0v) is 15.5. The lowest BCUT2D eigenvalue weighted by Gasteiger charge is -2.28. The summed E-state index contributed by atoms with van der Waals surface area (Å²) in [5, 5.41) is 19.1. The highest BCUT2D eigenvalue weighted by atomic mass is 35.5. The van der Waals surface area contributed by atoms with E-state index >= 15 is 0 Å². The summed E-state index contributed by atoms with van der Waals surface area (Å²) >= 11 is 7.58. The van der Waals surface area contributed by atoms with Crippen LogP contribution < -0.4 is 0 Å². The van der Waals surface area contributed by atoms with Crippen LogP contribution in [0, 0.1) is 0 Å². The topological polar surface area (TPSA) is 49.2 Å². The summed E-state index contributed by atoms with van der Waals surface area (Å²) in [5.74, 6) is -0.576. The quantitative estimate of drug-likeness (QED) is 0.804. The molecule has 2 aromatic rings. The van der Waals surface area contributed by atoms with E-state index in [1.165, 1.54) is 0 Å². The van der Waals surface area contributed by atoms with E-state index < -0.39 is 17.5 Å². The highest BCUT2D eigenvalue weighted by molar-refractivity contribution is 7.99. The van der Waals surface area contributed by atoms with Crippen molar-refractivity contribution >= 4 is 23.4 Å². The predicted molar refractivity (Wildman–Crippen MR) is 95.5 cm³/mol. The van der Waals surface area contributed by atoms with Crippen LogP contribution in [0.4, 0.5) is 13.2 Å². The van der Waals surface area contributed by atoms with Crippen molar-refractivity contribution in [2.45, 2.75) is 29.3 Å². The van der Waals surface area contributed by atoms with E-state index in [0.29, 0.717) is 11.3 Å². The van der Waals surface area contributed by atoms with Gasteiger partial charge in [0.2, 0.25) is 0 Å². The van der Waals surface area contributed by atoms with E-state index in [4.69, 9.17) is 11.6 Å². The molecule has 140 valence electrons. The summed E-state index contributed by atoms with van der Waals surface area (Å²) < 4.78 is 38.3. The Morgan fingerprint density at radius 3 is 2.62 bits per heavy atom. The van der Waals surface area contributed by atoms with Crippen molar-refractivity contribution in [3.8, 4) is 17.0 Å². The molecule has 0 unspecified atom stereocenters. The number of alkyl halides is 3. The highest BCUT2D eigenvalue weighted by Gasteiger charge is 2.32. The van der Waals surface area contributed by atoms with E-state index in [9.17, 15) is 18.3 Å². The second-order valence-corrected chi connectivity index (χ2v) is 7.98. The Kier molecular flexibility index (Phi) is 5.64. The van der Waals surface area contributed by atoms with Gasteiger partial charge in [-0.15, -0.1) is 10.2 Å². The van der Waals surface area contributed by atoms with Crippen molar-refractivity contribution in [1.29, 1.82) is 0 Å². The van der Waals surface area contributed by atoms with Crippen LogP contribution in [0.5, 0.6) is 5.75 Å². The number of thioether (sulfide) groups is 1. The molecule has 2 heterocycles. The molecule has 1 saturated heterocycles. The monoisotopic (exact) mass is 403 g/mol. The van der Waals surface area contributed by atoms with Crippen molar-refractivity contribution in [2.75, 3.05) is 20.1 Å². The minimum Gasteiger partial charge on any atom is -0.507 e. The average molecular weight is 404 g/mol. The Bertz CT molecular complexity index is 763. The molecule has 0 amide bonds. The molecular weight excluding hydrogens is 387 g/mol. The third-order valence-corrected chi connectivity index (χ3v) is 5.64. The molecule has 9 heteroatoms. The maximum Gasteiger partial charge on any atom is 0.416 e. The lowest BCUT2D eigenvalue weighted by atomic mass is 10.1. The zero-order valence-electron chi connectivity index (χ0n) is 13.9. The molecule has 1 aliphatic heterocycles. The van der Waals surface area contributed by atoms with Crippen LogP contribution in [-0.2, 0) is 6.18 Å². The van der Waals surface area contributed by atoms with Crippen LogP contribution in [0.25, 0.3) is 11.3 Å². The average Bonchev–Trinajstić information content (AvgIpc) is 2.55. The summed E-state index contributed by atoms with van der Waals surface area (Å²) in [5.41, 5.74) is -0.738. The van der Waals surface area contributed by atoms with Crippen molar-refractivity contribution in [3.05, 3.63) is 34.9 Å². The summed E-state index contributed by atoms with van der Waals surface area (Å²) in [6.45, 7) is 2.06. The molecule has 1 atom stereocenters. The van der Waals surface area contributed by atoms with Crippen molar-refractivity contribution in [3.63, 3.8) is 0 Å². The van der Waals surface area contributed by atoms with E-state index in [0.717, 1.165) is 37.0 Å². The van der Waals surface area contributed by atoms with Gasteiger partial charge >= 0.3 is 6.18 Å². The first-order chi connectivity index (χ1) is 12.2. The molecule has 1 aliphatic rings. The maximum atomic E-state index is 12.8. The molecule has 26 heavy (non-hydrogen) atoms. The number of piperidine rings is 1. The fraction of sp³-hybridized carbons (Fsp3) is 0.412. The number of likely N-dealkylation sites (tertiary alicyclic amines) is 1. The van der Waals surface area contributed by atoms with Gasteiger partial charge < -0.3 is 10.0 Å². The Balaban J connectivity index is 1.80. The number of aromatic hydroxyl groups is 1. The molecule has 0 aliphatic carbocycles. The molecule has 0 spiro atoms. The number of phenolic OH excluding ortho intramolecular Hbond substituents is 1. The van der Waals surface area contributed by atoms with Gasteiger partial charge in [0.25, 0.3) is 0 Å². The van der Waals surface area contributed by atoms with Crippen molar-refractivity contribution < 1.29 is 18.3 Å². The Labute approximate surface area is 158 Å². The second-order valence-electron chi connectivity index (χ2n) is 6.25. The standard InChI is InChI=1S/C17H17ClF3N3OS/c1-24-6-2-3-11(9-24)26-15-5-4-13(22-23-15)16-12(18)7-10(8-14(16)25)17(19,20)21/h4-5,7-8,11,25H,2-3,6,9H2,1H3/t11-/m1/s1. The van der Waals surface area contributed by atoms with Gasteiger partial charge in [-0.1, -0.05) is 23.4 Å². The number of halogens is 4. The van der Waals surface area contributed by atoms with Gasteiger partial charge in [0.15, 0.2) is 0 Å². The van der Waals surface area contributed by atoms with Crippen LogP contribution in [-0.4, -0.2) is 45.6 Å². The smallest absolute Gasteiger partial charge is 0.416 e. The summed E-state index contributed by atoms with van der Waals surface area (Å²) in [6.07, 6.45) is -2.35. The SMILES string of the molecule is CN1CCC[C@@H](Sc2ccc(-c3c(O)cc(C(F)(F)F)cc3Cl)nn2)C1. The first-order valence-corrected chi connectivity index (χ1v) is 9.29.